The Hall–Kier alpha value is -1.74. The van der Waals surface area contributed by atoms with Gasteiger partial charge in [0.15, 0.2) is 0 Å². The van der Waals surface area contributed by atoms with Crippen molar-refractivity contribution in [3.8, 4) is 5.75 Å². The fourth-order valence-corrected chi connectivity index (χ4v) is 2.58. The number of aldehydes is 1. The van der Waals surface area contributed by atoms with E-state index in [0.29, 0.717) is 0 Å². The third-order valence-corrected chi connectivity index (χ3v) is 3.92. The van der Waals surface area contributed by atoms with Crippen LogP contribution in [0.3, 0.4) is 0 Å². The second kappa shape index (κ2) is 5.74. The van der Waals surface area contributed by atoms with Gasteiger partial charge in [-0.2, -0.15) is 0 Å². The molecule has 1 aliphatic rings. The van der Waals surface area contributed by atoms with Crippen LogP contribution in [0.5, 0.6) is 5.75 Å². The van der Waals surface area contributed by atoms with Gasteiger partial charge >= 0.3 is 0 Å². The number of hydrogen-bond donors (Lipinski definition) is 0. The predicted molar refractivity (Wildman–Crippen MR) is 76.5 cm³/mol. The molecule has 1 aromatic rings. The summed E-state index contributed by atoms with van der Waals surface area (Å²) in [6.45, 7) is 1.83. The molecule has 0 fully saturated rings. The molecule has 0 aromatic heterocycles. The number of carbonyl (C=O) groups excluding carboxylic acids is 1. The molecule has 0 saturated carbocycles. The lowest BCUT2D eigenvalue weighted by molar-refractivity contribution is -0.104. The van der Waals surface area contributed by atoms with Gasteiger partial charge in [0, 0.05) is 15.4 Å². The van der Waals surface area contributed by atoms with E-state index in [9.17, 15) is 4.79 Å². The summed E-state index contributed by atoms with van der Waals surface area (Å²) in [5, 5.41) is 0. The van der Waals surface area contributed by atoms with Gasteiger partial charge in [0.1, 0.15) is 12.0 Å². The molecule has 2 rings (SSSR count). The van der Waals surface area contributed by atoms with Crippen molar-refractivity contribution in [3.63, 3.8) is 0 Å². The maximum Gasteiger partial charge on any atom is 0.146 e. The van der Waals surface area contributed by atoms with E-state index in [0.717, 1.165) is 33.0 Å². The summed E-state index contributed by atoms with van der Waals surface area (Å²) in [7, 11) is 1.65. The molecule has 0 N–H and O–H groups in total. The van der Waals surface area contributed by atoms with E-state index in [1.807, 2.05) is 49.4 Å². The van der Waals surface area contributed by atoms with Crippen molar-refractivity contribution in [1.29, 1.82) is 0 Å². The zero-order valence-electron chi connectivity index (χ0n) is 10.3. The van der Waals surface area contributed by atoms with Crippen LogP contribution in [0.1, 0.15) is 12.5 Å². The molecule has 0 radical (unpaired) electrons. The number of ether oxygens (including phenoxy) is 1. The Morgan fingerprint density at radius 3 is 2.61 bits per heavy atom. The van der Waals surface area contributed by atoms with Gasteiger partial charge in [-0.05, 0) is 36.8 Å². The van der Waals surface area contributed by atoms with Gasteiger partial charge in [-0.15, -0.1) is 0 Å². The molecule has 18 heavy (non-hydrogen) atoms. The number of benzene rings is 1. The molecular weight excluding hydrogens is 244 g/mol. The lowest BCUT2D eigenvalue weighted by Crippen LogP contribution is -1.89. The minimum atomic E-state index is 0.760. The van der Waals surface area contributed by atoms with Crippen LogP contribution in [0.4, 0.5) is 0 Å². The molecule has 3 heteroatoms. The molecule has 1 heterocycles. The summed E-state index contributed by atoms with van der Waals surface area (Å²) < 4.78 is 5.14. The quantitative estimate of drug-likeness (QED) is 0.609. The number of carbonyl (C=O) groups is 1. The molecule has 0 saturated heterocycles. The first kappa shape index (κ1) is 12.7. The Morgan fingerprint density at radius 1 is 1.28 bits per heavy atom. The van der Waals surface area contributed by atoms with Gasteiger partial charge in [0.25, 0.3) is 0 Å². The molecular formula is C15H14O2S. The van der Waals surface area contributed by atoms with Crippen LogP contribution in [0, 0.1) is 0 Å². The normalized spacial score (nSPS) is 17.1. The van der Waals surface area contributed by atoms with Crippen molar-refractivity contribution in [1.82, 2.24) is 0 Å². The third-order valence-electron chi connectivity index (χ3n) is 2.66. The Morgan fingerprint density at radius 2 is 2.00 bits per heavy atom. The Labute approximate surface area is 111 Å². The van der Waals surface area contributed by atoms with E-state index < -0.39 is 0 Å². The van der Waals surface area contributed by atoms with E-state index in [1.54, 1.807) is 18.9 Å². The summed E-state index contributed by atoms with van der Waals surface area (Å²) in [6.07, 6.45) is 6.87. The van der Waals surface area contributed by atoms with E-state index in [-0.39, 0.29) is 0 Å². The first-order chi connectivity index (χ1) is 8.74. The van der Waals surface area contributed by atoms with Crippen molar-refractivity contribution < 1.29 is 9.53 Å². The molecule has 0 atom stereocenters. The Balaban J connectivity index is 2.26. The van der Waals surface area contributed by atoms with E-state index in [1.165, 1.54) is 0 Å². The van der Waals surface area contributed by atoms with Gasteiger partial charge in [-0.1, -0.05) is 30.0 Å². The standard InChI is InChI=1S/C15H14O2S/c1-11(10-16)14-4-3-5-15(18-14)12-6-8-13(17-2)9-7-12/h3-10H,1-2H3/b14-11-. The van der Waals surface area contributed by atoms with Crippen LogP contribution in [0.15, 0.2) is 53.0 Å². The monoisotopic (exact) mass is 258 g/mol. The smallest absolute Gasteiger partial charge is 0.146 e. The second-order valence-electron chi connectivity index (χ2n) is 3.89. The summed E-state index contributed by atoms with van der Waals surface area (Å²) in [5.41, 5.74) is 1.89. The molecule has 0 amide bonds. The van der Waals surface area contributed by atoms with Crippen LogP contribution < -0.4 is 4.74 Å². The van der Waals surface area contributed by atoms with Crippen molar-refractivity contribution in [3.05, 3.63) is 58.5 Å². The predicted octanol–water partition coefficient (Wildman–Crippen LogP) is 3.81. The largest absolute Gasteiger partial charge is 0.497 e. The van der Waals surface area contributed by atoms with Crippen LogP contribution in [-0.4, -0.2) is 13.4 Å². The first-order valence-corrected chi connectivity index (χ1v) is 6.43. The van der Waals surface area contributed by atoms with E-state index in [2.05, 4.69) is 0 Å². The van der Waals surface area contributed by atoms with Crippen molar-refractivity contribution >= 4 is 23.0 Å². The summed E-state index contributed by atoms with van der Waals surface area (Å²) in [4.78, 5) is 12.9. The molecule has 1 aliphatic heterocycles. The summed E-state index contributed by atoms with van der Waals surface area (Å²) in [5.74, 6) is 0.843. The van der Waals surface area contributed by atoms with Crippen LogP contribution in [-0.2, 0) is 4.79 Å². The SMILES string of the molecule is COc1ccc(C2=CC=C/C(=C(\C)C=O)S2)cc1. The fraction of sp³-hybridized carbons (Fsp3) is 0.133. The number of hydrogen-bond acceptors (Lipinski definition) is 3. The summed E-state index contributed by atoms with van der Waals surface area (Å²) >= 11 is 1.61. The number of rotatable bonds is 3. The highest BCUT2D eigenvalue weighted by molar-refractivity contribution is 8.12. The number of allylic oxidation sites excluding steroid dienone is 4. The van der Waals surface area contributed by atoms with Gasteiger partial charge < -0.3 is 4.74 Å². The number of methoxy groups -OCH3 is 1. The molecule has 92 valence electrons. The third kappa shape index (κ3) is 2.74. The van der Waals surface area contributed by atoms with Crippen molar-refractivity contribution in [2.45, 2.75) is 6.92 Å². The minimum absolute atomic E-state index is 0.760. The number of thioether (sulfide) groups is 1. The van der Waals surface area contributed by atoms with Gasteiger partial charge in [-0.3, -0.25) is 4.79 Å². The second-order valence-corrected chi connectivity index (χ2v) is 4.97. The van der Waals surface area contributed by atoms with Crippen LogP contribution >= 0.6 is 11.8 Å². The van der Waals surface area contributed by atoms with Crippen LogP contribution in [0.25, 0.3) is 4.91 Å². The summed E-state index contributed by atoms with van der Waals surface area (Å²) in [6, 6.07) is 7.91. The zero-order chi connectivity index (χ0) is 13.0. The molecule has 2 nitrogen and oxygen atoms in total. The average Bonchev–Trinajstić information content (AvgIpc) is 2.46. The lowest BCUT2D eigenvalue weighted by atomic mass is 10.2. The maximum atomic E-state index is 10.8. The van der Waals surface area contributed by atoms with Gasteiger partial charge in [0.05, 0.1) is 7.11 Å². The lowest BCUT2D eigenvalue weighted by Gasteiger charge is -2.12. The molecule has 0 spiro atoms. The minimum Gasteiger partial charge on any atom is -0.497 e. The van der Waals surface area contributed by atoms with Crippen LogP contribution in [0.2, 0.25) is 0 Å². The maximum absolute atomic E-state index is 10.8. The first-order valence-electron chi connectivity index (χ1n) is 5.61. The zero-order valence-corrected chi connectivity index (χ0v) is 11.2. The van der Waals surface area contributed by atoms with Crippen molar-refractivity contribution in [2.24, 2.45) is 0 Å². The molecule has 1 aromatic carbocycles. The van der Waals surface area contributed by atoms with Gasteiger partial charge in [-0.25, -0.2) is 0 Å². The Kier molecular flexibility index (Phi) is 4.05. The highest BCUT2D eigenvalue weighted by atomic mass is 32.2. The molecule has 0 aliphatic carbocycles. The fourth-order valence-electron chi connectivity index (χ4n) is 1.59. The highest BCUT2D eigenvalue weighted by Crippen LogP contribution is 2.38. The molecule has 0 unspecified atom stereocenters. The molecule has 0 bridgehead atoms. The highest BCUT2D eigenvalue weighted by Gasteiger charge is 2.10. The van der Waals surface area contributed by atoms with E-state index in [4.69, 9.17) is 4.74 Å². The van der Waals surface area contributed by atoms with Crippen molar-refractivity contribution in [2.75, 3.05) is 7.11 Å². The van der Waals surface area contributed by atoms with Gasteiger partial charge in [0.2, 0.25) is 0 Å². The Bertz CT molecular complexity index is 536. The van der Waals surface area contributed by atoms with E-state index >= 15 is 0 Å². The topological polar surface area (TPSA) is 26.3 Å². The average molecular weight is 258 g/mol.